The van der Waals surface area contributed by atoms with Crippen LogP contribution < -0.4 is 5.32 Å². The zero-order chi connectivity index (χ0) is 11.8. The van der Waals surface area contributed by atoms with E-state index in [-0.39, 0.29) is 0 Å². The van der Waals surface area contributed by atoms with Gasteiger partial charge in [-0.3, -0.25) is 0 Å². The monoisotopic (exact) mass is 232 g/mol. The largest absolute Gasteiger partial charge is 0.315 e. The molecule has 0 spiro atoms. The normalized spacial score (nSPS) is 17.2. The van der Waals surface area contributed by atoms with Gasteiger partial charge in [0.1, 0.15) is 0 Å². The Balaban J connectivity index is 1.51. The van der Waals surface area contributed by atoms with E-state index in [0.717, 1.165) is 19.5 Å². The molecule has 0 aromatic heterocycles. The van der Waals surface area contributed by atoms with Crippen molar-refractivity contribution in [2.24, 2.45) is 0 Å². The topological polar surface area (TPSA) is 15.3 Å². The van der Waals surface area contributed by atoms with Gasteiger partial charge in [-0.2, -0.15) is 0 Å². The number of nitrogens with one attached hydrogen (secondary N) is 1. The standard InChI is InChI=1S/C15H24N2/c1-3-7-15(8-4-1)9-10-16-11-14-17-12-5-2-6-13-17/h1,3-4,7-8,16H,2,5-6,9-14H2. The maximum atomic E-state index is 3.54. The maximum absolute atomic E-state index is 3.54. The van der Waals surface area contributed by atoms with Crippen molar-refractivity contribution in [3.63, 3.8) is 0 Å². The van der Waals surface area contributed by atoms with Crippen LogP contribution in [-0.2, 0) is 6.42 Å². The fraction of sp³-hybridized carbons (Fsp3) is 0.600. The number of hydrogen-bond donors (Lipinski definition) is 1. The predicted molar refractivity (Wildman–Crippen MR) is 73.3 cm³/mol. The van der Waals surface area contributed by atoms with E-state index < -0.39 is 0 Å². The molecule has 0 bridgehead atoms. The van der Waals surface area contributed by atoms with Crippen LogP contribution in [0.25, 0.3) is 0 Å². The average molecular weight is 232 g/mol. The van der Waals surface area contributed by atoms with Crippen molar-refractivity contribution >= 4 is 0 Å². The number of piperidine rings is 1. The second-order valence-corrected chi connectivity index (χ2v) is 4.89. The van der Waals surface area contributed by atoms with Crippen molar-refractivity contribution < 1.29 is 0 Å². The Morgan fingerprint density at radius 2 is 1.71 bits per heavy atom. The first-order valence-electron chi connectivity index (χ1n) is 6.92. The van der Waals surface area contributed by atoms with E-state index >= 15 is 0 Å². The van der Waals surface area contributed by atoms with Crippen LogP contribution in [0.4, 0.5) is 0 Å². The molecule has 2 heteroatoms. The summed E-state index contributed by atoms with van der Waals surface area (Å²) in [6.45, 7) is 6.06. The first kappa shape index (κ1) is 12.6. The van der Waals surface area contributed by atoms with Crippen LogP contribution in [0.15, 0.2) is 30.3 Å². The summed E-state index contributed by atoms with van der Waals surface area (Å²) in [5.74, 6) is 0. The number of likely N-dealkylation sites (tertiary alicyclic amines) is 1. The summed E-state index contributed by atoms with van der Waals surface area (Å²) in [4.78, 5) is 2.58. The minimum absolute atomic E-state index is 1.10. The summed E-state index contributed by atoms with van der Waals surface area (Å²) in [5.41, 5.74) is 1.43. The summed E-state index contributed by atoms with van der Waals surface area (Å²) in [6, 6.07) is 10.7. The highest BCUT2D eigenvalue weighted by Gasteiger charge is 2.08. The van der Waals surface area contributed by atoms with Crippen molar-refractivity contribution in [3.8, 4) is 0 Å². The highest BCUT2D eigenvalue weighted by molar-refractivity contribution is 5.14. The van der Waals surface area contributed by atoms with Gasteiger partial charge >= 0.3 is 0 Å². The van der Waals surface area contributed by atoms with Gasteiger partial charge in [-0.05, 0) is 44.5 Å². The lowest BCUT2D eigenvalue weighted by Gasteiger charge is -2.26. The quantitative estimate of drug-likeness (QED) is 0.757. The van der Waals surface area contributed by atoms with Gasteiger partial charge in [0.15, 0.2) is 0 Å². The number of rotatable bonds is 6. The third-order valence-electron chi connectivity index (χ3n) is 3.49. The van der Waals surface area contributed by atoms with Gasteiger partial charge in [-0.15, -0.1) is 0 Å². The van der Waals surface area contributed by atoms with Crippen LogP contribution in [0.2, 0.25) is 0 Å². The Bertz CT molecular complexity index is 291. The minimum Gasteiger partial charge on any atom is -0.315 e. The molecule has 2 nitrogen and oxygen atoms in total. The van der Waals surface area contributed by atoms with Gasteiger partial charge in [-0.1, -0.05) is 36.8 Å². The Morgan fingerprint density at radius 3 is 2.47 bits per heavy atom. The van der Waals surface area contributed by atoms with Crippen molar-refractivity contribution in [3.05, 3.63) is 35.9 Å². The molecule has 17 heavy (non-hydrogen) atoms. The van der Waals surface area contributed by atoms with Gasteiger partial charge in [-0.25, -0.2) is 0 Å². The Labute approximate surface area is 105 Å². The lowest BCUT2D eigenvalue weighted by molar-refractivity contribution is 0.229. The lowest BCUT2D eigenvalue weighted by Crippen LogP contribution is -2.36. The Hall–Kier alpha value is -0.860. The zero-order valence-electron chi connectivity index (χ0n) is 10.7. The number of hydrogen-bond acceptors (Lipinski definition) is 2. The van der Waals surface area contributed by atoms with Gasteiger partial charge in [0.05, 0.1) is 0 Å². The van der Waals surface area contributed by atoms with Crippen LogP contribution >= 0.6 is 0 Å². The highest BCUT2D eigenvalue weighted by atomic mass is 15.1. The van der Waals surface area contributed by atoms with E-state index in [1.54, 1.807) is 0 Å². The van der Waals surface area contributed by atoms with Gasteiger partial charge in [0.25, 0.3) is 0 Å². The molecule has 1 heterocycles. The molecule has 0 atom stereocenters. The fourth-order valence-corrected chi connectivity index (χ4v) is 2.42. The highest BCUT2D eigenvalue weighted by Crippen LogP contribution is 2.07. The molecule has 0 saturated carbocycles. The van der Waals surface area contributed by atoms with Crippen molar-refractivity contribution in [1.29, 1.82) is 0 Å². The molecule has 0 radical (unpaired) electrons. The van der Waals surface area contributed by atoms with Gasteiger partial charge in [0.2, 0.25) is 0 Å². The van der Waals surface area contributed by atoms with Crippen molar-refractivity contribution in [2.45, 2.75) is 25.7 Å². The van der Waals surface area contributed by atoms with E-state index in [2.05, 4.69) is 40.5 Å². The smallest absolute Gasteiger partial charge is 0.0107 e. The summed E-state index contributed by atoms with van der Waals surface area (Å²) in [7, 11) is 0. The van der Waals surface area contributed by atoms with E-state index in [9.17, 15) is 0 Å². The molecular weight excluding hydrogens is 208 g/mol. The van der Waals surface area contributed by atoms with Crippen LogP contribution in [0, 0.1) is 0 Å². The molecule has 94 valence electrons. The Kier molecular flexibility index (Phi) is 5.53. The summed E-state index contributed by atoms with van der Waals surface area (Å²) in [6.07, 6.45) is 5.35. The first-order chi connectivity index (χ1) is 8.45. The molecule has 0 aliphatic carbocycles. The molecule has 2 rings (SSSR count). The predicted octanol–water partition coefficient (Wildman–Crippen LogP) is 2.30. The first-order valence-corrected chi connectivity index (χ1v) is 6.92. The summed E-state index contributed by atoms with van der Waals surface area (Å²) >= 11 is 0. The van der Waals surface area contributed by atoms with E-state index in [0.29, 0.717) is 0 Å². The van der Waals surface area contributed by atoms with E-state index in [4.69, 9.17) is 0 Å². The molecule has 1 aliphatic heterocycles. The second-order valence-electron chi connectivity index (χ2n) is 4.89. The maximum Gasteiger partial charge on any atom is 0.0107 e. The SMILES string of the molecule is c1ccc(CCNCCN2CCCCC2)cc1. The average Bonchev–Trinajstić information content (AvgIpc) is 2.41. The molecule has 0 amide bonds. The molecule has 1 saturated heterocycles. The third kappa shape index (κ3) is 4.88. The molecule has 0 unspecified atom stereocenters. The fourth-order valence-electron chi connectivity index (χ4n) is 2.42. The van der Waals surface area contributed by atoms with Crippen LogP contribution in [-0.4, -0.2) is 37.6 Å². The van der Waals surface area contributed by atoms with Crippen molar-refractivity contribution in [1.82, 2.24) is 10.2 Å². The van der Waals surface area contributed by atoms with Gasteiger partial charge in [0, 0.05) is 13.1 Å². The molecule has 1 aromatic carbocycles. The van der Waals surface area contributed by atoms with Crippen LogP contribution in [0.1, 0.15) is 24.8 Å². The summed E-state index contributed by atoms with van der Waals surface area (Å²) in [5, 5.41) is 3.54. The molecule has 1 aliphatic rings. The number of benzene rings is 1. The van der Waals surface area contributed by atoms with Gasteiger partial charge < -0.3 is 10.2 Å². The van der Waals surface area contributed by atoms with Crippen molar-refractivity contribution in [2.75, 3.05) is 32.7 Å². The van der Waals surface area contributed by atoms with Crippen LogP contribution in [0.5, 0.6) is 0 Å². The molecular formula is C15H24N2. The Morgan fingerprint density at radius 1 is 0.941 bits per heavy atom. The second kappa shape index (κ2) is 7.46. The molecule has 1 N–H and O–H groups in total. The third-order valence-corrected chi connectivity index (χ3v) is 3.49. The summed E-state index contributed by atoms with van der Waals surface area (Å²) < 4.78 is 0. The molecule has 1 aromatic rings. The van der Waals surface area contributed by atoms with Crippen LogP contribution in [0.3, 0.4) is 0 Å². The minimum atomic E-state index is 1.10. The molecule has 1 fully saturated rings. The van der Waals surface area contributed by atoms with E-state index in [1.165, 1.54) is 44.5 Å². The number of nitrogens with zero attached hydrogens (tertiary/aromatic N) is 1. The lowest BCUT2D eigenvalue weighted by atomic mass is 10.1. The zero-order valence-corrected chi connectivity index (χ0v) is 10.7. The van der Waals surface area contributed by atoms with E-state index in [1.807, 2.05) is 0 Å².